The van der Waals surface area contributed by atoms with Gasteiger partial charge in [-0.25, -0.2) is 4.68 Å². The SMILES string of the molecule is COc1ccccc1-c1nn(-c2ccccc2)cc1/C=C(/C#N)C(=O)C(C)C. The molecule has 0 saturated carbocycles. The molecule has 3 aromatic rings. The lowest BCUT2D eigenvalue weighted by atomic mass is 9.99. The fraction of sp³-hybridized carbons (Fsp3) is 0.174. The first-order chi connectivity index (χ1) is 13.5. The van der Waals surface area contributed by atoms with Crippen LogP contribution in [0.25, 0.3) is 23.0 Å². The second-order valence-corrected chi connectivity index (χ2v) is 6.60. The van der Waals surface area contributed by atoms with E-state index in [1.807, 2.05) is 66.9 Å². The maximum Gasteiger partial charge on any atom is 0.175 e. The highest BCUT2D eigenvalue weighted by atomic mass is 16.5. The van der Waals surface area contributed by atoms with Crippen LogP contribution >= 0.6 is 0 Å². The number of aromatic nitrogens is 2. The van der Waals surface area contributed by atoms with E-state index in [4.69, 9.17) is 9.84 Å². The largest absolute Gasteiger partial charge is 0.496 e. The lowest BCUT2D eigenvalue weighted by molar-refractivity contribution is -0.117. The molecule has 0 aliphatic rings. The van der Waals surface area contributed by atoms with Crippen LogP contribution in [0, 0.1) is 17.2 Å². The topological polar surface area (TPSA) is 67.9 Å². The molecule has 0 atom stereocenters. The number of ketones is 1. The number of rotatable bonds is 6. The summed E-state index contributed by atoms with van der Waals surface area (Å²) in [6.07, 6.45) is 3.43. The molecule has 28 heavy (non-hydrogen) atoms. The highest BCUT2D eigenvalue weighted by molar-refractivity contribution is 6.04. The molecule has 0 bridgehead atoms. The third kappa shape index (κ3) is 3.86. The van der Waals surface area contributed by atoms with E-state index in [1.165, 1.54) is 0 Å². The van der Waals surface area contributed by atoms with Crippen LogP contribution in [-0.2, 0) is 4.79 Å². The van der Waals surface area contributed by atoms with Gasteiger partial charge in [-0.3, -0.25) is 4.79 Å². The van der Waals surface area contributed by atoms with E-state index < -0.39 is 0 Å². The zero-order chi connectivity index (χ0) is 20.1. The number of carbonyl (C=O) groups excluding carboxylic acids is 1. The number of para-hydroxylation sites is 2. The Hall–Kier alpha value is -3.65. The summed E-state index contributed by atoms with van der Waals surface area (Å²) in [5.74, 6) is 0.217. The first-order valence-electron chi connectivity index (χ1n) is 8.99. The summed E-state index contributed by atoms with van der Waals surface area (Å²) >= 11 is 0. The lowest BCUT2D eigenvalue weighted by Gasteiger charge is -2.07. The van der Waals surface area contributed by atoms with Crippen molar-refractivity contribution in [3.63, 3.8) is 0 Å². The van der Waals surface area contributed by atoms with Crippen LogP contribution in [0.1, 0.15) is 19.4 Å². The zero-order valence-electron chi connectivity index (χ0n) is 16.1. The molecule has 1 heterocycles. The van der Waals surface area contributed by atoms with Crippen molar-refractivity contribution in [2.24, 2.45) is 5.92 Å². The molecular weight excluding hydrogens is 350 g/mol. The predicted molar refractivity (Wildman–Crippen MR) is 109 cm³/mol. The molecule has 5 nitrogen and oxygen atoms in total. The number of hydrogen-bond donors (Lipinski definition) is 0. The van der Waals surface area contributed by atoms with E-state index in [1.54, 1.807) is 31.7 Å². The van der Waals surface area contributed by atoms with Crippen LogP contribution in [0.4, 0.5) is 0 Å². The predicted octanol–water partition coefficient (Wildman–Crippen LogP) is 4.68. The van der Waals surface area contributed by atoms with Gasteiger partial charge in [0.25, 0.3) is 0 Å². The minimum Gasteiger partial charge on any atom is -0.496 e. The number of Topliss-reactive ketones (excluding diaryl/α,β-unsaturated/α-hetero) is 1. The maximum atomic E-state index is 12.4. The Kier molecular flexibility index (Phi) is 5.71. The molecular formula is C23H21N3O2. The summed E-state index contributed by atoms with van der Waals surface area (Å²) in [6, 6.07) is 19.3. The Morgan fingerprint density at radius 2 is 1.82 bits per heavy atom. The number of nitriles is 1. The molecule has 3 rings (SSSR count). The molecule has 0 saturated heterocycles. The van der Waals surface area contributed by atoms with Gasteiger partial charge >= 0.3 is 0 Å². The third-order valence-electron chi connectivity index (χ3n) is 4.34. The summed E-state index contributed by atoms with van der Waals surface area (Å²) in [5, 5.41) is 14.2. The Morgan fingerprint density at radius 3 is 2.46 bits per heavy atom. The van der Waals surface area contributed by atoms with Crippen LogP contribution in [0.3, 0.4) is 0 Å². The number of methoxy groups -OCH3 is 1. The molecule has 0 unspecified atom stereocenters. The van der Waals surface area contributed by atoms with Gasteiger partial charge in [0.15, 0.2) is 5.78 Å². The average molecular weight is 371 g/mol. The fourth-order valence-corrected chi connectivity index (χ4v) is 2.88. The number of benzene rings is 2. The summed E-state index contributed by atoms with van der Waals surface area (Å²) in [4.78, 5) is 12.4. The van der Waals surface area contributed by atoms with Crippen molar-refractivity contribution in [2.45, 2.75) is 13.8 Å². The summed E-state index contributed by atoms with van der Waals surface area (Å²) < 4.78 is 7.22. The van der Waals surface area contributed by atoms with Crippen LogP contribution in [0.15, 0.2) is 66.4 Å². The average Bonchev–Trinajstić information content (AvgIpc) is 3.15. The molecule has 0 radical (unpaired) electrons. The summed E-state index contributed by atoms with van der Waals surface area (Å²) in [6.45, 7) is 3.56. The monoisotopic (exact) mass is 371 g/mol. The van der Waals surface area contributed by atoms with Gasteiger partial charge in [0.2, 0.25) is 0 Å². The highest BCUT2D eigenvalue weighted by Gasteiger charge is 2.18. The second kappa shape index (κ2) is 8.36. The molecule has 0 aliphatic carbocycles. The van der Waals surface area contributed by atoms with E-state index in [2.05, 4.69) is 0 Å². The molecule has 0 aliphatic heterocycles. The van der Waals surface area contributed by atoms with E-state index in [0.717, 1.165) is 11.3 Å². The van der Waals surface area contributed by atoms with Crippen LogP contribution in [-0.4, -0.2) is 22.7 Å². The van der Waals surface area contributed by atoms with Crippen molar-refractivity contribution in [3.05, 3.63) is 71.9 Å². The molecule has 0 amide bonds. The van der Waals surface area contributed by atoms with E-state index in [9.17, 15) is 10.1 Å². The van der Waals surface area contributed by atoms with Crippen LogP contribution in [0.5, 0.6) is 5.75 Å². The second-order valence-electron chi connectivity index (χ2n) is 6.60. The first kappa shape index (κ1) is 19.1. The third-order valence-corrected chi connectivity index (χ3v) is 4.34. The van der Waals surface area contributed by atoms with Crippen molar-refractivity contribution in [3.8, 4) is 28.8 Å². The Balaban J connectivity index is 2.22. The fourth-order valence-electron chi connectivity index (χ4n) is 2.88. The molecule has 1 aromatic heterocycles. The van der Waals surface area contributed by atoms with Gasteiger partial charge in [0.05, 0.1) is 18.4 Å². The van der Waals surface area contributed by atoms with Gasteiger partial charge in [-0.05, 0) is 30.3 Å². The Morgan fingerprint density at radius 1 is 1.14 bits per heavy atom. The number of hydrogen-bond acceptors (Lipinski definition) is 4. The van der Waals surface area contributed by atoms with Gasteiger partial charge in [-0.1, -0.05) is 44.2 Å². The van der Waals surface area contributed by atoms with Gasteiger partial charge in [-0.15, -0.1) is 0 Å². The normalized spacial score (nSPS) is 11.3. The highest BCUT2D eigenvalue weighted by Crippen LogP contribution is 2.33. The van der Waals surface area contributed by atoms with Gasteiger partial charge in [0, 0.05) is 23.2 Å². The quantitative estimate of drug-likeness (QED) is 0.466. The molecule has 0 N–H and O–H groups in total. The zero-order valence-corrected chi connectivity index (χ0v) is 16.1. The smallest absolute Gasteiger partial charge is 0.175 e. The van der Waals surface area contributed by atoms with E-state index in [-0.39, 0.29) is 17.3 Å². The van der Waals surface area contributed by atoms with Crippen molar-refractivity contribution in [1.29, 1.82) is 5.26 Å². The van der Waals surface area contributed by atoms with Crippen LogP contribution < -0.4 is 4.74 Å². The number of allylic oxidation sites excluding steroid dienone is 1. The number of ether oxygens (including phenoxy) is 1. The lowest BCUT2D eigenvalue weighted by Crippen LogP contribution is -2.08. The maximum absolute atomic E-state index is 12.4. The molecule has 2 aromatic carbocycles. The Labute approximate surface area is 164 Å². The minimum atomic E-state index is -0.259. The first-order valence-corrected chi connectivity index (χ1v) is 8.99. The number of carbonyl (C=O) groups is 1. The summed E-state index contributed by atoms with van der Waals surface area (Å²) in [5.41, 5.74) is 3.11. The van der Waals surface area contributed by atoms with Gasteiger partial charge in [-0.2, -0.15) is 10.4 Å². The van der Waals surface area contributed by atoms with E-state index >= 15 is 0 Å². The van der Waals surface area contributed by atoms with Crippen molar-refractivity contribution >= 4 is 11.9 Å². The molecule has 0 fully saturated rings. The van der Waals surface area contributed by atoms with Crippen LogP contribution in [0.2, 0.25) is 0 Å². The van der Waals surface area contributed by atoms with Gasteiger partial charge < -0.3 is 4.74 Å². The standard InChI is InChI=1S/C23H21N3O2/c1-16(2)23(27)17(14-24)13-18-15-26(19-9-5-4-6-10-19)25-22(18)20-11-7-8-12-21(20)28-3/h4-13,15-16H,1-3H3/b17-13-. The van der Waals surface area contributed by atoms with E-state index in [0.29, 0.717) is 17.0 Å². The molecule has 140 valence electrons. The van der Waals surface area contributed by atoms with Crippen molar-refractivity contribution < 1.29 is 9.53 Å². The van der Waals surface area contributed by atoms with Crippen molar-refractivity contribution in [1.82, 2.24) is 9.78 Å². The Bertz CT molecular complexity index is 1060. The minimum absolute atomic E-state index is 0.110. The van der Waals surface area contributed by atoms with Gasteiger partial charge in [0.1, 0.15) is 17.5 Å². The number of nitrogens with zero attached hydrogens (tertiary/aromatic N) is 3. The van der Waals surface area contributed by atoms with Crippen molar-refractivity contribution in [2.75, 3.05) is 7.11 Å². The molecule has 5 heteroatoms. The summed E-state index contributed by atoms with van der Waals surface area (Å²) in [7, 11) is 1.60. The molecule has 0 spiro atoms.